The van der Waals surface area contributed by atoms with Crippen LogP contribution in [0.25, 0.3) is 0 Å². The molecule has 1 aliphatic rings. The van der Waals surface area contributed by atoms with E-state index in [0.29, 0.717) is 0 Å². The van der Waals surface area contributed by atoms with Crippen LogP contribution in [-0.2, 0) is 14.3 Å². The van der Waals surface area contributed by atoms with Gasteiger partial charge in [0.05, 0.1) is 11.6 Å². The Morgan fingerprint density at radius 3 is 2.64 bits per heavy atom. The monoisotopic (exact) mass is 195 g/mol. The van der Waals surface area contributed by atoms with Gasteiger partial charge in [-0.1, -0.05) is 0 Å². The first kappa shape index (κ1) is 10.6. The minimum absolute atomic E-state index is 0.252. The van der Waals surface area contributed by atoms with E-state index in [1.54, 1.807) is 20.8 Å². The zero-order chi connectivity index (χ0) is 10.8. The molecular weight excluding hydrogens is 182 g/mol. The molecule has 1 unspecified atom stereocenters. The van der Waals surface area contributed by atoms with Gasteiger partial charge in [0, 0.05) is 12.3 Å². The fourth-order valence-corrected chi connectivity index (χ4v) is 0.793. The topological polar surface area (TPSA) is 55.7 Å². The molecule has 0 aromatic carbocycles. The van der Waals surface area contributed by atoms with Crippen molar-refractivity contribution in [3.05, 3.63) is 12.3 Å². The Morgan fingerprint density at radius 1 is 1.50 bits per heavy atom. The molecule has 0 aromatic heterocycles. The van der Waals surface area contributed by atoms with Crippen LogP contribution < -0.4 is 0 Å². The van der Waals surface area contributed by atoms with Crippen molar-refractivity contribution in [1.82, 2.24) is 0 Å². The van der Waals surface area contributed by atoms with Crippen LogP contribution in [0.15, 0.2) is 17.3 Å². The highest BCUT2D eigenvalue weighted by Crippen LogP contribution is 2.16. The number of hydrogen-bond acceptors (Lipinski definition) is 4. The van der Waals surface area contributed by atoms with Crippen molar-refractivity contribution >= 4 is 18.0 Å². The van der Waals surface area contributed by atoms with E-state index in [1.165, 1.54) is 18.5 Å². The van der Waals surface area contributed by atoms with Crippen molar-refractivity contribution in [2.45, 2.75) is 26.9 Å². The summed E-state index contributed by atoms with van der Waals surface area (Å²) < 4.78 is 4.98. The molecule has 0 saturated carbocycles. The van der Waals surface area contributed by atoms with E-state index in [9.17, 15) is 9.59 Å². The van der Waals surface area contributed by atoms with Crippen molar-refractivity contribution in [3.63, 3.8) is 0 Å². The third-order valence-corrected chi connectivity index (χ3v) is 1.67. The fourth-order valence-electron chi connectivity index (χ4n) is 0.793. The second-order valence-corrected chi connectivity index (χ2v) is 4.09. The number of aliphatic imine (C=N–C) groups is 1. The van der Waals surface area contributed by atoms with Crippen LogP contribution in [0.3, 0.4) is 0 Å². The van der Waals surface area contributed by atoms with E-state index in [4.69, 9.17) is 4.74 Å². The molecule has 0 bridgehead atoms. The zero-order valence-electron chi connectivity index (χ0n) is 8.48. The van der Waals surface area contributed by atoms with Crippen molar-refractivity contribution in [2.24, 2.45) is 10.4 Å². The van der Waals surface area contributed by atoms with E-state index < -0.39 is 17.5 Å². The number of ether oxygens (including phenoxy) is 1. The van der Waals surface area contributed by atoms with Crippen LogP contribution in [0.5, 0.6) is 0 Å². The van der Waals surface area contributed by atoms with Gasteiger partial charge in [0.15, 0.2) is 6.10 Å². The van der Waals surface area contributed by atoms with Gasteiger partial charge in [-0.15, -0.1) is 0 Å². The number of carbonyl (C=O) groups excluding carboxylic acids is 2. The van der Waals surface area contributed by atoms with Gasteiger partial charge in [0.25, 0.3) is 0 Å². The molecule has 4 nitrogen and oxygen atoms in total. The lowest BCUT2D eigenvalue weighted by atomic mass is 9.97. The molecule has 0 fully saturated rings. The van der Waals surface area contributed by atoms with Gasteiger partial charge >= 0.3 is 5.97 Å². The Kier molecular flexibility index (Phi) is 2.84. The van der Waals surface area contributed by atoms with Crippen LogP contribution in [-0.4, -0.2) is 24.1 Å². The van der Waals surface area contributed by atoms with E-state index in [2.05, 4.69) is 4.99 Å². The third kappa shape index (κ3) is 2.52. The summed E-state index contributed by atoms with van der Waals surface area (Å²) in [6, 6.07) is 0. The number of nitrogens with zero attached hydrogens (tertiary/aromatic N) is 1. The van der Waals surface area contributed by atoms with E-state index in [1.807, 2.05) is 0 Å². The molecule has 4 heteroatoms. The average molecular weight is 195 g/mol. The lowest BCUT2D eigenvalue weighted by molar-refractivity contribution is -0.158. The molecule has 0 saturated heterocycles. The second kappa shape index (κ2) is 3.74. The van der Waals surface area contributed by atoms with Crippen LogP contribution in [0.4, 0.5) is 0 Å². The number of rotatable bonds is 1. The molecule has 0 spiro atoms. The Balaban J connectivity index is 2.62. The van der Waals surface area contributed by atoms with Gasteiger partial charge in [-0.2, -0.15) is 0 Å². The van der Waals surface area contributed by atoms with Gasteiger partial charge < -0.3 is 4.74 Å². The summed E-state index contributed by atoms with van der Waals surface area (Å²) in [5.74, 6) is -0.657. The maximum absolute atomic E-state index is 11.4. The average Bonchev–Trinajstić information content (AvgIpc) is 2.07. The first-order valence-electron chi connectivity index (χ1n) is 4.36. The van der Waals surface area contributed by atoms with Gasteiger partial charge in [0.1, 0.15) is 0 Å². The van der Waals surface area contributed by atoms with Crippen LogP contribution in [0.1, 0.15) is 20.8 Å². The molecule has 0 aromatic rings. The van der Waals surface area contributed by atoms with Gasteiger partial charge in [-0.25, -0.2) is 0 Å². The normalized spacial score (nSPS) is 21.1. The summed E-state index contributed by atoms with van der Waals surface area (Å²) >= 11 is 0. The Labute approximate surface area is 82.7 Å². The summed E-state index contributed by atoms with van der Waals surface area (Å²) in [6.45, 7) is 5.20. The van der Waals surface area contributed by atoms with Crippen molar-refractivity contribution in [3.8, 4) is 0 Å². The Hall–Kier alpha value is -1.45. The van der Waals surface area contributed by atoms with Crippen LogP contribution in [0.2, 0.25) is 0 Å². The highest BCUT2D eigenvalue weighted by molar-refractivity contribution is 6.07. The molecule has 1 aliphatic heterocycles. The Morgan fingerprint density at radius 2 is 2.14 bits per heavy atom. The van der Waals surface area contributed by atoms with Crippen LogP contribution >= 0.6 is 0 Å². The third-order valence-electron chi connectivity index (χ3n) is 1.67. The minimum atomic E-state index is -0.855. The molecule has 1 atom stereocenters. The van der Waals surface area contributed by atoms with Gasteiger partial charge in [-0.3, -0.25) is 14.6 Å². The van der Waals surface area contributed by atoms with Gasteiger partial charge in [-0.05, 0) is 20.8 Å². The Bertz CT molecular complexity index is 310. The largest absolute Gasteiger partial charge is 0.448 e. The maximum Gasteiger partial charge on any atom is 0.312 e. The van der Waals surface area contributed by atoms with Crippen molar-refractivity contribution in [1.29, 1.82) is 0 Å². The summed E-state index contributed by atoms with van der Waals surface area (Å²) in [4.78, 5) is 26.4. The smallest absolute Gasteiger partial charge is 0.312 e. The number of esters is 1. The molecule has 1 heterocycles. The molecule has 0 radical (unpaired) electrons. The van der Waals surface area contributed by atoms with E-state index in [0.717, 1.165) is 0 Å². The molecular formula is C10H13NO3. The lowest BCUT2D eigenvalue weighted by Crippen LogP contribution is -2.34. The molecule has 0 amide bonds. The first-order chi connectivity index (χ1) is 6.41. The molecule has 0 aliphatic carbocycles. The quantitative estimate of drug-likeness (QED) is 0.589. The van der Waals surface area contributed by atoms with Crippen LogP contribution in [0, 0.1) is 5.41 Å². The SMILES string of the molecule is CC(C)(C)C(=O)OC1C=NC=CC1=O. The predicted octanol–water partition coefficient (Wildman–Crippen LogP) is 1.11. The second-order valence-electron chi connectivity index (χ2n) is 4.09. The summed E-state index contributed by atoms with van der Waals surface area (Å²) in [5.41, 5.74) is -0.602. The lowest BCUT2D eigenvalue weighted by Gasteiger charge is -2.20. The molecule has 76 valence electrons. The standard InChI is InChI=1S/C10H13NO3/c1-10(2,3)9(13)14-8-6-11-5-4-7(8)12/h4-6,8H,1-3H3. The highest BCUT2D eigenvalue weighted by atomic mass is 16.5. The molecule has 14 heavy (non-hydrogen) atoms. The predicted molar refractivity (Wildman–Crippen MR) is 52.0 cm³/mol. The van der Waals surface area contributed by atoms with Crippen molar-refractivity contribution < 1.29 is 14.3 Å². The van der Waals surface area contributed by atoms with Crippen molar-refractivity contribution in [2.75, 3.05) is 0 Å². The number of carbonyl (C=O) groups is 2. The number of hydrogen-bond donors (Lipinski definition) is 0. The fraction of sp³-hybridized carbons (Fsp3) is 0.500. The van der Waals surface area contributed by atoms with Gasteiger partial charge in [0.2, 0.25) is 5.78 Å². The summed E-state index contributed by atoms with van der Waals surface area (Å²) in [5, 5.41) is 0. The maximum atomic E-state index is 11.4. The highest BCUT2D eigenvalue weighted by Gasteiger charge is 2.28. The van der Waals surface area contributed by atoms with E-state index >= 15 is 0 Å². The summed E-state index contributed by atoms with van der Waals surface area (Å²) in [7, 11) is 0. The zero-order valence-corrected chi connectivity index (χ0v) is 8.48. The summed E-state index contributed by atoms with van der Waals surface area (Å²) in [6.07, 6.45) is 3.14. The molecule has 0 N–H and O–H groups in total. The molecule has 1 rings (SSSR count). The van der Waals surface area contributed by atoms with E-state index in [-0.39, 0.29) is 5.78 Å². The minimum Gasteiger partial charge on any atom is -0.448 e. The first-order valence-corrected chi connectivity index (χ1v) is 4.36. The number of ketones is 1.